The highest BCUT2D eigenvalue weighted by molar-refractivity contribution is 8.02. The fraction of sp³-hybridized carbons (Fsp3) is 0.111. The van der Waals surface area contributed by atoms with Crippen LogP contribution in [-0.4, -0.2) is 5.88 Å². The SMILES string of the molecule is Clc1ccc(C2=CSCN2)cc1Cl. The average Bonchev–Trinajstić information content (AvgIpc) is 2.62. The molecule has 68 valence electrons. The fourth-order valence-corrected chi connectivity index (χ4v) is 2.13. The lowest BCUT2D eigenvalue weighted by Crippen LogP contribution is -2.04. The van der Waals surface area contributed by atoms with Crippen molar-refractivity contribution in [3.8, 4) is 0 Å². The van der Waals surface area contributed by atoms with E-state index < -0.39 is 0 Å². The van der Waals surface area contributed by atoms with Gasteiger partial charge in [0.2, 0.25) is 0 Å². The summed E-state index contributed by atoms with van der Waals surface area (Å²) in [6.45, 7) is 0. The Morgan fingerprint density at radius 3 is 2.69 bits per heavy atom. The van der Waals surface area contributed by atoms with Crippen LogP contribution in [0.4, 0.5) is 0 Å². The van der Waals surface area contributed by atoms with Crippen molar-refractivity contribution in [1.29, 1.82) is 0 Å². The molecule has 1 aromatic carbocycles. The molecule has 0 bridgehead atoms. The zero-order valence-electron chi connectivity index (χ0n) is 6.68. The maximum Gasteiger partial charge on any atom is 0.0652 e. The zero-order chi connectivity index (χ0) is 9.26. The molecule has 0 unspecified atom stereocenters. The Bertz CT molecular complexity index is 363. The molecule has 0 saturated carbocycles. The normalized spacial score (nSPS) is 15.4. The van der Waals surface area contributed by atoms with Gasteiger partial charge in [-0.05, 0) is 23.1 Å². The maximum atomic E-state index is 5.90. The number of thioether (sulfide) groups is 1. The van der Waals surface area contributed by atoms with Gasteiger partial charge in [-0.25, -0.2) is 0 Å². The first kappa shape index (κ1) is 9.25. The first-order valence-electron chi connectivity index (χ1n) is 3.78. The Hall–Kier alpha value is -0.310. The van der Waals surface area contributed by atoms with Crippen molar-refractivity contribution in [3.05, 3.63) is 39.2 Å². The minimum atomic E-state index is 0.594. The molecule has 0 fully saturated rings. The summed E-state index contributed by atoms with van der Waals surface area (Å²) < 4.78 is 0. The molecule has 1 aliphatic rings. The Morgan fingerprint density at radius 2 is 2.08 bits per heavy atom. The van der Waals surface area contributed by atoms with Gasteiger partial charge in [0.1, 0.15) is 0 Å². The van der Waals surface area contributed by atoms with Crippen LogP contribution in [0.3, 0.4) is 0 Å². The average molecular weight is 232 g/mol. The largest absolute Gasteiger partial charge is 0.375 e. The van der Waals surface area contributed by atoms with Crippen LogP contribution in [0.5, 0.6) is 0 Å². The molecule has 0 spiro atoms. The second kappa shape index (κ2) is 3.82. The van der Waals surface area contributed by atoms with Crippen LogP contribution in [0.25, 0.3) is 5.70 Å². The highest BCUT2D eigenvalue weighted by atomic mass is 35.5. The number of nitrogens with one attached hydrogen (secondary N) is 1. The van der Waals surface area contributed by atoms with Crippen LogP contribution in [-0.2, 0) is 0 Å². The Morgan fingerprint density at radius 1 is 1.23 bits per heavy atom. The van der Waals surface area contributed by atoms with Crippen molar-refractivity contribution in [2.75, 3.05) is 5.88 Å². The number of benzene rings is 1. The first-order valence-corrected chi connectivity index (χ1v) is 5.59. The Balaban J connectivity index is 2.36. The van der Waals surface area contributed by atoms with E-state index in [2.05, 4.69) is 10.7 Å². The number of rotatable bonds is 1. The van der Waals surface area contributed by atoms with Crippen molar-refractivity contribution in [1.82, 2.24) is 5.32 Å². The summed E-state index contributed by atoms with van der Waals surface area (Å²) in [7, 11) is 0. The molecule has 1 aliphatic heterocycles. The summed E-state index contributed by atoms with van der Waals surface area (Å²) in [4.78, 5) is 0. The molecule has 1 heterocycles. The van der Waals surface area contributed by atoms with Crippen LogP contribution in [0.15, 0.2) is 23.6 Å². The first-order chi connectivity index (χ1) is 6.27. The molecule has 0 aromatic heterocycles. The quantitative estimate of drug-likeness (QED) is 0.794. The maximum absolute atomic E-state index is 5.90. The van der Waals surface area contributed by atoms with E-state index >= 15 is 0 Å². The van der Waals surface area contributed by atoms with E-state index in [9.17, 15) is 0 Å². The molecule has 1 aromatic rings. The lowest BCUT2D eigenvalue weighted by molar-refractivity contribution is 1.11. The van der Waals surface area contributed by atoms with Crippen molar-refractivity contribution < 1.29 is 0 Å². The molecule has 13 heavy (non-hydrogen) atoms. The second-order valence-corrected chi connectivity index (χ2v) is 4.32. The van der Waals surface area contributed by atoms with Crippen LogP contribution in [0.2, 0.25) is 10.0 Å². The molecule has 1 N–H and O–H groups in total. The van der Waals surface area contributed by atoms with Gasteiger partial charge in [0, 0.05) is 5.70 Å². The van der Waals surface area contributed by atoms with E-state index in [1.165, 1.54) is 0 Å². The van der Waals surface area contributed by atoms with Crippen LogP contribution in [0.1, 0.15) is 5.56 Å². The lowest BCUT2D eigenvalue weighted by atomic mass is 10.2. The van der Waals surface area contributed by atoms with Crippen molar-refractivity contribution in [3.63, 3.8) is 0 Å². The van der Waals surface area contributed by atoms with Crippen molar-refractivity contribution in [2.24, 2.45) is 0 Å². The van der Waals surface area contributed by atoms with Gasteiger partial charge in [-0.1, -0.05) is 29.3 Å². The van der Waals surface area contributed by atoms with Crippen molar-refractivity contribution >= 4 is 40.7 Å². The third-order valence-electron chi connectivity index (χ3n) is 1.78. The lowest BCUT2D eigenvalue weighted by Gasteiger charge is -2.04. The highest BCUT2D eigenvalue weighted by Gasteiger charge is 2.07. The minimum absolute atomic E-state index is 0.594. The molecular formula is C9H7Cl2NS. The van der Waals surface area contributed by atoms with Gasteiger partial charge in [0.25, 0.3) is 0 Å². The number of hydrogen-bond donors (Lipinski definition) is 1. The topological polar surface area (TPSA) is 12.0 Å². The van der Waals surface area contributed by atoms with Crippen LogP contribution in [0, 0.1) is 0 Å². The van der Waals surface area contributed by atoms with Gasteiger partial charge in [-0.3, -0.25) is 0 Å². The molecule has 2 rings (SSSR count). The standard InChI is InChI=1S/C9H7Cl2NS/c10-7-2-1-6(3-8(7)11)9-4-13-5-12-9/h1-4,12H,5H2. The van der Waals surface area contributed by atoms with Gasteiger partial charge >= 0.3 is 0 Å². The molecule has 0 amide bonds. The van der Waals surface area contributed by atoms with Crippen LogP contribution >= 0.6 is 35.0 Å². The van der Waals surface area contributed by atoms with E-state index in [4.69, 9.17) is 23.2 Å². The van der Waals surface area contributed by atoms with E-state index in [0.717, 1.165) is 17.1 Å². The summed E-state index contributed by atoms with van der Waals surface area (Å²) in [6, 6.07) is 5.64. The van der Waals surface area contributed by atoms with E-state index in [1.807, 2.05) is 18.2 Å². The van der Waals surface area contributed by atoms with Gasteiger partial charge in [0.15, 0.2) is 0 Å². The van der Waals surface area contributed by atoms with Crippen molar-refractivity contribution in [2.45, 2.75) is 0 Å². The van der Waals surface area contributed by atoms with Gasteiger partial charge < -0.3 is 5.32 Å². The second-order valence-electron chi connectivity index (χ2n) is 2.65. The third-order valence-corrected chi connectivity index (χ3v) is 3.23. The highest BCUT2D eigenvalue weighted by Crippen LogP contribution is 2.28. The summed E-state index contributed by atoms with van der Waals surface area (Å²) in [6.07, 6.45) is 0. The summed E-state index contributed by atoms with van der Waals surface area (Å²) in [5.41, 5.74) is 2.20. The van der Waals surface area contributed by atoms with Crippen LogP contribution < -0.4 is 5.32 Å². The summed E-state index contributed by atoms with van der Waals surface area (Å²) >= 11 is 13.4. The summed E-state index contributed by atoms with van der Waals surface area (Å²) in [5.74, 6) is 0.926. The number of halogens is 2. The molecule has 0 aliphatic carbocycles. The third kappa shape index (κ3) is 1.96. The molecule has 0 radical (unpaired) electrons. The molecule has 0 saturated heterocycles. The molecule has 1 nitrogen and oxygen atoms in total. The minimum Gasteiger partial charge on any atom is -0.375 e. The number of hydrogen-bond acceptors (Lipinski definition) is 2. The zero-order valence-corrected chi connectivity index (χ0v) is 9.01. The van der Waals surface area contributed by atoms with E-state index in [0.29, 0.717) is 10.0 Å². The van der Waals surface area contributed by atoms with Gasteiger partial charge in [-0.15, -0.1) is 11.8 Å². The van der Waals surface area contributed by atoms with Gasteiger partial charge in [-0.2, -0.15) is 0 Å². The van der Waals surface area contributed by atoms with Gasteiger partial charge in [0.05, 0.1) is 15.9 Å². The monoisotopic (exact) mass is 231 g/mol. The molecule has 0 atom stereocenters. The summed E-state index contributed by atoms with van der Waals surface area (Å²) in [5, 5.41) is 6.52. The molecular weight excluding hydrogens is 225 g/mol. The van der Waals surface area contributed by atoms with E-state index in [1.54, 1.807) is 11.8 Å². The smallest absolute Gasteiger partial charge is 0.0652 e. The predicted octanol–water partition coefficient (Wildman–Crippen LogP) is 3.59. The molecule has 4 heteroatoms. The predicted molar refractivity (Wildman–Crippen MR) is 60.0 cm³/mol. The Kier molecular flexibility index (Phi) is 2.72. The van der Waals surface area contributed by atoms with E-state index in [-0.39, 0.29) is 0 Å². The Labute approximate surface area is 91.1 Å². The fourth-order valence-electron chi connectivity index (χ4n) is 1.12.